The lowest BCUT2D eigenvalue weighted by Crippen LogP contribution is -2.63. The molecule has 1 fully saturated rings. The number of nitrogens with zero attached hydrogens (tertiary/aromatic N) is 2. The van der Waals surface area contributed by atoms with Crippen molar-refractivity contribution in [2.75, 3.05) is 31.6 Å². The minimum absolute atomic E-state index is 0.133. The molecule has 0 aromatic heterocycles. The molecule has 0 bridgehead atoms. The summed E-state index contributed by atoms with van der Waals surface area (Å²) in [7, 11) is 2.14. The minimum atomic E-state index is 0.133. The SMILES string of the molecule is Cc1ccccc1N1CC(C)(C)N(C)CC1CO. The van der Waals surface area contributed by atoms with Gasteiger partial charge in [0.2, 0.25) is 0 Å². The van der Waals surface area contributed by atoms with Gasteiger partial charge in [0.15, 0.2) is 0 Å². The van der Waals surface area contributed by atoms with Gasteiger partial charge >= 0.3 is 0 Å². The third kappa shape index (κ3) is 2.38. The van der Waals surface area contributed by atoms with Crippen LogP contribution >= 0.6 is 0 Å². The second kappa shape index (κ2) is 4.90. The van der Waals surface area contributed by atoms with E-state index in [1.54, 1.807) is 0 Å². The Morgan fingerprint density at radius 3 is 2.61 bits per heavy atom. The predicted molar refractivity (Wildman–Crippen MR) is 76.1 cm³/mol. The van der Waals surface area contributed by atoms with Gasteiger partial charge in [-0.25, -0.2) is 0 Å². The first-order chi connectivity index (χ1) is 8.45. The molecule has 1 aromatic rings. The second-order valence-corrected chi connectivity index (χ2v) is 5.94. The summed E-state index contributed by atoms with van der Waals surface area (Å²) in [6, 6.07) is 8.61. The zero-order valence-electron chi connectivity index (χ0n) is 11.8. The Morgan fingerprint density at radius 2 is 2.00 bits per heavy atom. The number of aliphatic hydroxyl groups excluding tert-OH is 1. The molecule has 0 amide bonds. The predicted octanol–water partition coefficient (Wildman–Crippen LogP) is 1.89. The number of hydrogen-bond donors (Lipinski definition) is 1. The number of benzene rings is 1. The fourth-order valence-electron chi connectivity index (χ4n) is 2.65. The zero-order chi connectivity index (χ0) is 13.3. The number of rotatable bonds is 2. The number of aliphatic hydroxyl groups is 1. The molecular formula is C15H24N2O. The zero-order valence-corrected chi connectivity index (χ0v) is 11.8. The first-order valence-electron chi connectivity index (χ1n) is 6.60. The van der Waals surface area contributed by atoms with Crippen molar-refractivity contribution in [1.82, 2.24) is 4.90 Å². The van der Waals surface area contributed by atoms with Gasteiger partial charge in [0.1, 0.15) is 0 Å². The number of aryl methyl sites for hydroxylation is 1. The number of para-hydroxylation sites is 1. The molecule has 0 aliphatic carbocycles. The normalized spacial score (nSPS) is 24.3. The van der Waals surface area contributed by atoms with Crippen molar-refractivity contribution in [3.05, 3.63) is 29.8 Å². The molecule has 1 atom stereocenters. The van der Waals surface area contributed by atoms with Crippen LogP contribution in [0.1, 0.15) is 19.4 Å². The van der Waals surface area contributed by atoms with Crippen LogP contribution < -0.4 is 4.90 Å². The van der Waals surface area contributed by atoms with Gasteiger partial charge in [0.25, 0.3) is 0 Å². The first-order valence-corrected chi connectivity index (χ1v) is 6.60. The third-order valence-electron chi connectivity index (χ3n) is 4.15. The molecular weight excluding hydrogens is 224 g/mol. The largest absolute Gasteiger partial charge is 0.394 e. The molecule has 3 nitrogen and oxygen atoms in total. The van der Waals surface area contributed by atoms with E-state index in [2.05, 4.69) is 61.9 Å². The van der Waals surface area contributed by atoms with E-state index in [0.717, 1.165) is 13.1 Å². The van der Waals surface area contributed by atoms with E-state index >= 15 is 0 Å². The van der Waals surface area contributed by atoms with Crippen molar-refractivity contribution in [1.29, 1.82) is 0 Å². The van der Waals surface area contributed by atoms with Crippen LogP contribution in [-0.2, 0) is 0 Å². The highest BCUT2D eigenvalue weighted by atomic mass is 16.3. The maximum Gasteiger partial charge on any atom is 0.0648 e. The van der Waals surface area contributed by atoms with Gasteiger partial charge in [0, 0.05) is 24.3 Å². The van der Waals surface area contributed by atoms with E-state index in [1.807, 2.05) is 0 Å². The van der Waals surface area contributed by atoms with Crippen LogP contribution in [0.15, 0.2) is 24.3 Å². The molecule has 18 heavy (non-hydrogen) atoms. The van der Waals surface area contributed by atoms with Crippen LogP contribution in [0.4, 0.5) is 5.69 Å². The summed E-state index contributed by atoms with van der Waals surface area (Å²) in [5, 5.41) is 9.63. The lowest BCUT2D eigenvalue weighted by Gasteiger charge is -2.50. The van der Waals surface area contributed by atoms with E-state index < -0.39 is 0 Å². The summed E-state index contributed by atoms with van der Waals surface area (Å²) in [6.07, 6.45) is 0. The topological polar surface area (TPSA) is 26.7 Å². The molecule has 1 aromatic carbocycles. The second-order valence-electron chi connectivity index (χ2n) is 5.94. The molecule has 3 heteroatoms. The quantitative estimate of drug-likeness (QED) is 0.866. The molecule has 0 spiro atoms. The first kappa shape index (κ1) is 13.4. The van der Waals surface area contributed by atoms with Crippen molar-refractivity contribution in [2.45, 2.75) is 32.4 Å². The highest BCUT2D eigenvalue weighted by Gasteiger charge is 2.36. The van der Waals surface area contributed by atoms with E-state index in [0.29, 0.717) is 0 Å². The summed E-state index contributed by atoms with van der Waals surface area (Å²) in [5.74, 6) is 0. The van der Waals surface area contributed by atoms with Gasteiger partial charge in [-0.05, 0) is 39.4 Å². The number of likely N-dealkylation sites (N-methyl/N-ethyl adjacent to an activating group) is 1. The van der Waals surface area contributed by atoms with Gasteiger partial charge in [-0.2, -0.15) is 0 Å². The van der Waals surface area contributed by atoms with Gasteiger partial charge in [-0.3, -0.25) is 4.90 Å². The average Bonchev–Trinajstić information content (AvgIpc) is 2.33. The van der Waals surface area contributed by atoms with Gasteiger partial charge in [-0.1, -0.05) is 18.2 Å². The van der Waals surface area contributed by atoms with Gasteiger partial charge in [-0.15, -0.1) is 0 Å². The van der Waals surface area contributed by atoms with E-state index in [-0.39, 0.29) is 18.2 Å². The summed E-state index contributed by atoms with van der Waals surface area (Å²) < 4.78 is 0. The Kier molecular flexibility index (Phi) is 3.64. The highest BCUT2D eigenvalue weighted by Crippen LogP contribution is 2.29. The molecule has 0 saturated carbocycles. The maximum absolute atomic E-state index is 9.63. The Labute approximate surface area is 110 Å². The van der Waals surface area contributed by atoms with Crippen molar-refractivity contribution < 1.29 is 5.11 Å². The highest BCUT2D eigenvalue weighted by molar-refractivity contribution is 5.54. The molecule has 1 aliphatic rings. The molecule has 1 unspecified atom stereocenters. The van der Waals surface area contributed by atoms with E-state index in [1.165, 1.54) is 11.3 Å². The van der Waals surface area contributed by atoms with Crippen LogP contribution in [0.3, 0.4) is 0 Å². The van der Waals surface area contributed by atoms with Crippen LogP contribution in [0.25, 0.3) is 0 Å². The molecule has 2 rings (SSSR count). The average molecular weight is 248 g/mol. The third-order valence-corrected chi connectivity index (χ3v) is 4.15. The Bertz CT molecular complexity index is 417. The van der Waals surface area contributed by atoms with Gasteiger partial charge < -0.3 is 10.0 Å². The smallest absolute Gasteiger partial charge is 0.0648 e. The molecule has 1 saturated heterocycles. The van der Waals surface area contributed by atoms with Crippen LogP contribution in [-0.4, -0.2) is 48.3 Å². The van der Waals surface area contributed by atoms with Gasteiger partial charge in [0.05, 0.1) is 12.6 Å². The van der Waals surface area contributed by atoms with Crippen molar-refractivity contribution in [3.8, 4) is 0 Å². The standard InChI is InChI=1S/C15H24N2O/c1-12-7-5-6-8-14(12)17-11-15(2,3)16(4)9-13(17)10-18/h5-8,13,18H,9-11H2,1-4H3. The molecule has 1 heterocycles. The molecule has 1 N–H and O–H groups in total. The number of hydrogen-bond acceptors (Lipinski definition) is 3. The lowest BCUT2D eigenvalue weighted by atomic mass is 9.95. The van der Waals surface area contributed by atoms with Crippen molar-refractivity contribution >= 4 is 5.69 Å². The monoisotopic (exact) mass is 248 g/mol. The Hall–Kier alpha value is -1.06. The number of anilines is 1. The van der Waals surface area contributed by atoms with Crippen LogP contribution in [0, 0.1) is 6.92 Å². The Morgan fingerprint density at radius 1 is 1.33 bits per heavy atom. The minimum Gasteiger partial charge on any atom is -0.394 e. The summed E-state index contributed by atoms with van der Waals surface area (Å²) in [5.41, 5.74) is 2.66. The summed E-state index contributed by atoms with van der Waals surface area (Å²) >= 11 is 0. The van der Waals surface area contributed by atoms with Crippen LogP contribution in [0.2, 0.25) is 0 Å². The fraction of sp³-hybridized carbons (Fsp3) is 0.600. The van der Waals surface area contributed by atoms with Crippen LogP contribution in [0.5, 0.6) is 0 Å². The van der Waals surface area contributed by atoms with Crippen molar-refractivity contribution in [3.63, 3.8) is 0 Å². The fourth-order valence-corrected chi connectivity index (χ4v) is 2.65. The Balaban J connectivity index is 2.33. The van der Waals surface area contributed by atoms with E-state index in [4.69, 9.17) is 0 Å². The summed E-state index contributed by atoms with van der Waals surface area (Å²) in [6.45, 7) is 8.69. The van der Waals surface area contributed by atoms with E-state index in [9.17, 15) is 5.11 Å². The molecule has 1 aliphatic heterocycles. The maximum atomic E-state index is 9.63. The molecule has 100 valence electrons. The lowest BCUT2D eigenvalue weighted by molar-refractivity contribution is 0.0932. The molecule has 0 radical (unpaired) electrons. The summed E-state index contributed by atoms with van der Waals surface area (Å²) in [4.78, 5) is 4.69. The van der Waals surface area contributed by atoms with Crippen molar-refractivity contribution in [2.24, 2.45) is 0 Å². The number of piperazine rings is 1.